The number of hydrogen-bond acceptors (Lipinski definition) is 4. The molecule has 3 aliphatic rings. The zero-order valence-electron chi connectivity index (χ0n) is 22.8. The third kappa shape index (κ3) is 5.10. The third-order valence-electron chi connectivity index (χ3n) is 7.11. The lowest BCUT2D eigenvalue weighted by Gasteiger charge is -2.45. The minimum Gasteiger partial charge on any atom is -0.357 e. The largest absolute Gasteiger partial charge is 0.357 e. The molecule has 37 heavy (non-hydrogen) atoms. The summed E-state index contributed by atoms with van der Waals surface area (Å²) in [4.78, 5) is 49.5. The number of carbonyl (C=O) groups excluding carboxylic acids is 4. The first-order chi connectivity index (χ1) is 17.4. The first kappa shape index (κ1) is 27.9. The van der Waals surface area contributed by atoms with Crippen molar-refractivity contribution in [2.45, 2.75) is 71.9 Å². The molecule has 0 atom stereocenters. The van der Waals surface area contributed by atoms with Crippen LogP contribution in [0, 0.1) is 5.41 Å². The van der Waals surface area contributed by atoms with Gasteiger partial charge in [0, 0.05) is 31.0 Å². The third-order valence-corrected chi connectivity index (χ3v) is 7.11. The molecule has 3 N–H and O–H groups in total. The number of fused-ring (bicyclic) bond motifs is 2. The summed E-state index contributed by atoms with van der Waals surface area (Å²) in [6.07, 6.45) is 1.89. The number of likely N-dealkylation sites (N-methyl/N-ethyl adjacent to an activating group) is 1. The molecule has 1 saturated heterocycles. The monoisotopic (exact) mass is 506 g/mol. The molecule has 0 aromatic heterocycles. The van der Waals surface area contributed by atoms with Crippen molar-refractivity contribution in [3.8, 4) is 0 Å². The number of anilines is 1. The second-order valence-corrected chi connectivity index (χ2v) is 10.6. The number of amides is 5. The first-order valence-electron chi connectivity index (χ1n) is 12.8. The molecule has 0 unspecified atom stereocenters. The van der Waals surface area contributed by atoms with Gasteiger partial charge in [0.25, 0.3) is 5.91 Å². The lowest BCUT2D eigenvalue weighted by molar-refractivity contribution is -0.133. The van der Waals surface area contributed by atoms with Crippen LogP contribution < -0.4 is 20.9 Å². The van der Waals surface area contributed by atoms with Crippen LogP contribution in [0.3, 0.4) is 0 Å². The molecule has 198 valence electrons. The lowest BCUT2D eigenvalue weighted by Crippen LogP contribution is -2.61. The van der Waals surface area contributed by atoms with E-state index in [1.807, 2.05) is 76.2 Å². The highest BCUT2D eigenvalue weighted by atomic mass is 16.2. The van der Waals surface area contributed by atoms with Gasteiger partial charge < -0.3 is 10.6 Å². The Morgan fingerprint density at radius 2 is 1.41 bits per heavy atom. The lowest BCUT2D eigenvalue weighted by atomic mass is 9.78. The number of hydrogen-bond donors (Lipinski definition) is 3. The van der Waals surface area contributed by atoms with Gasteiger partial charge >= 0.3 is 6.03 Å². The molecule has 1 spiro atoms. The van der Waals surface area contributed by atoms with Gasteiger partial charge in [-0.1, -0.05) is 70.2 Å². The number of carbonyl (C=O) groups is 4. The quantitative estimate of drug-likeness (QED) is 0.542. The smallest absolute Gasteiger partial charge is 0.322 e. The van der Waals surface area contributed by atoms with E-state index in [9.17, 15) is 19.2 Å². The standard InChI is InChI=1S/C16H22N2O2.C11H10N2O2.C2H6/c1-15(2)10-11-8-6-7-9-12(11)18(14(15)20)16(3,4)13(19)17-5;14-9-11(13-10(15)12-9)5-7-3-1-2-4-8(7)6-11;1-2/h6-9H,10H2,1-5H3,(H,17,19);1-4H,5-6H2,(H2,12,13,14,15);1-2H3. The summed E-state index contributed by atoms with van der Waals surface area (Å²) >= 11 is 0. The highest BCUT2D eigenvalue weighted by molar-refractivity contribution is 6.08. The molecule has 5 rings (SSSR count). The number of urea groups is 1. The summed E-state index contributed by atoms with van der Waals surface area (Å²) in [5, 5.41) is 7.67. The molecule has 2 heterocycles. The van der Waals surface area contributed by atoms with Crippen LogP contribution in [-0.4, -0.2) is 41.9 Å². The maximum atomic E-state index is 12.8. The predicted molar refractivity (Wildman–Crippen MR) is 144 cm³/mol. The Morgan fingerprint density at radius 3 is 1.89 bits per heavy atom. The van der Waals surface area contributed by atoms with E-state index in [-0.39, 0.29) is 23.8 Å². The van der Waals surface area contributed by atoms with E-state index in [4.69, 9.17) is 0 Å². The van der Waals surface area contributed by atoms with Crippen LogP contribution in [0.1, 0.15) is 58.2 Å². The Balaban J connectivity index is 0.000000199. The molecule has 8 nitrogen and oxygen atoms in total. The minimum atomic E-state index is -0.917. The molecule has 1 fully saturated rings. The van der Waals surface area contributed by atoms with Crippen molar-refractivity contribution in [3.05, 3.63) is 65.2 Å². The van der Waals surface area contributed by atoms with Crippen LogP contribution in [0.15, 0.2) is 48.5 Å². The minimum absolute atomic E-state index is 0.00944. The summed E-state index contributed by atoms with van der Waals surface area (Å²) < 4.78 is 0. The van der Waals surface area contributed by atoms with Gasteiger partial charge in [-0.3, -0.25) is 24.6 Å². The van der Waals surface area contributed by atoms with Crippen LogP contribution in [0.5, 0.6) is 0 Å². The molecule has 5 amide bonds. The van der Waals surface area contributed by atoms with Crippen molar-refractivity contribution in [2.24, 2.45) is 5.41 Å². The molecule has 1 aliphatic carbocycles. The van der Waals surface area contributed by atoms with Crippen LogP contribution in [0.2, 0.25) is 0 Å². The average Bonchev–Trinajstić information content (AvgIpc) is 3.37. The zero-order valence-corrected chi connectivity index (χ0v) is 22.8. The fourth-order valence-corrected chi connectivity index (χ4v) is 5.20. The van der Waals surface area contributed by atoms with Gasteiger partial charge in [0.2, 0.25) is 11.8 Å². The van der Waals surface area contributed by atoms with E-state index in [0.717, 1.165) is 22.4 Å². The number of nitrogens with one attached hydrogen (secondary N) is 3. The molecular weight excluding hydrogens is 468 g/mol. The van der Waals surface area contributed by atoms with E-state index in [2.05, 4.69) is 16.0 Å². The number of imide groups is 1. The Hall–Kier alpha value is -3.68. The fraction of sp³-hybridized carbons (Fsp3) is 0.448. The van der Waals surface area contributed by atoms with Gasteiger partial charge in [-0.05, 0) is 43.0 Å². The molecule has 0 saturated carbocycles. The van der Waals surface area contributed by atoms with Crippen molar-refractivity contribution in [1.82, 2.24) is 16.0 Å². The molecule has 0 bridgehead atoms. The van der Waals surface area contributed by atoms with Crippen LogP contribution in [0.4, 0.5) is 10.5 Å². The number of para-hydroxylation sites is 1. The summed E-state index contributed by atoms with van der Waals surface area (Å²) in [5.74, 6) is -0.383. The highest BCUT2D eigenvalue weighted by Crippen LogP contribution is 2.40. The summed E-state index contributed by atoms with van der Waals surface area (Å²) in [5.41, 5.74) is 2.10. The van der Waals surface area contributed by atoms with E-state index in [0.29, 0.717) is 19.3 Å². The Labute approximate surface area is 219 Å². The highest BCUT2D eigenvalue weighted by Gasteiger charge is 2.50. The number of nitrogens with zero attached hydrogens (tertiary/aromatic N) is 1. The Bertz CT molecular complexity index is 1190. The number of rotatable bonds is 2. The Morgan fingerprint density at radius 1 is 0.892 bits per heavy atom. The molecule has 0 radical (unpaired) electrons. The van der Waals surface area contributed by atoms with Crippen molar-refractivity contribution in [3.63, 3.8) is 0 Å². The second kappa shape index (κ2) is 10.4. The molecule has 2 aliphatic heterocycles. The van der Waals surface area contributed by atoms with Crippen LogP contribution >= 0.6 is 0 Å². The van der Waals surface area contributed by atoms with E-state index < -0.39 is 16.5 Å². The second-order valence-electron chi connectivity index (χ2n) is 10.6. The van der Waals surface area contributed by atoms with Gasteiger partial charge in [-0.2, -0.15) is 0 Å². The summed E-state index contributed by atoms with van der Waals surface area (Å²) in [7, 11) is 1.59. The maximum absolute atomic E-state index is 12.8. The van der Waals surface area contributed by atoms with Crippen LogP contribution in [-0.2, 0) is 33.6 Å². The van der Waals surface area contributed by atoms with Gasteiger partial charge in [0.05, 0.1) is 0 Å². The van der Waals surface area contributed by atoms with Crippen molar-refractivity contribution in [2.75, 3.05) is 11.9 Å². The SMILES string of the molecule is CC.CNC(=O)C(C)(C)N1C(=O)C(C)(C)Cc2ccccc21.O=C1NC(=O)C2(Cc3ccccc3C2)N1. The van der Waals surface area contributed by atoms with Gasteiger partial charge in [0.1, 0.15) is 11.1 Å². The summed E-state index contributed by atoms with van der Waals surface area (Å²) in [6, 6.07) is 15.3. The van der Waals surface area contributed by atoms with Gasteiger partial charge in [-0.25, -0.2) is 4.79 Å². The predicted octanol–water partition coefficient (Wildman–Crippen LogP) is 3.52. The van der Waals surface area contributed by atoms with Gasteiger partial charge in [-0.15, -0.1) is 0 Å². The number of benzene rings is 2. The average molecular weight is 507 g/mol. The molecular formula is C29H38N4O4. The van der Waals surface area contributed by atoms with E-state index in [1.165, 1.54) is 0 Å². The van der Waals surface area contributed by atoms with Crippen molar-refractivity contribution in [1.29, 1.82) is 0 Å². The van der Waals surface area contributed by atoms with Crippen molar-refractivity contribution < 1.29 is 19.2 Å². The van der Waals surface area contributed by atoms with Gasteiger partial charge in [0.15, 0.2) is 0 Å². The summed E-state index contributed by atoms with van der Waals surface area (Å²) in [6.45, 7) is 11.4. The zero-order chi connectivity index (χ0) is 27.6. The molecule has 2 aromatic carbocycles. The van der Waals surface area contributed by atoms with Crippen LogP contribution in [0.25, 0.3) is 0 Å². The Kier molecular flexibility index (Phi) is 7.81. The van der Waals surface area contributed by atoms with E-state index >= 15 is 0 Å². The maximum Gasteiger partial charge on any atom is 0.322 e. The fourth-order valence-electron chi connectivity index (χ4n) is 5.20. The molecule has 2 aromatic rings. The van der Waals surface area contributed by atoms with E-state index in [1.54, 1.807) is 25.8 Å². The first-order valence-corrected chi connectivity index (χ1v) is 12.8. The molecule has 8 heteroatoms. The topological polar surface area (TPSA) is 108 Å². The normalized spacial score (nSPS) is 18.4. The van der Waals surface area contributed by atoms with Crippen molar-refractivity contribution >= 4 is 29.4 Å².